The van der Waals surface area contributed by atoms with Crippen LogP contribution in [0.15, 0.2) is 67.7 Å². The molecule has 9 heteroatoms. The van der Waals surface area contributed by atoms with Gasteiger partial charge in [0, 0.05) is 8.95 Å². The monoisotopic (exact) mass is 510 g/mol. The molecule has 2 rings (SSSR count). The van der Waals surface area contributed by atoms with Crippen molar-refractivity contribution in [3.8, 4) is 0 Å². The van der Waals surface area contributed by atoms with Crippen molar-refractivity contribution >= 4 is 67.9 Å². The van der Waals surface area contributed by atoms with E-state index < -0.39 is 0 Å². The van der Waals surface area contributed by atoms with E-state index in [4.69, 9.17) is 0 Å². The van der Waals surface area contributed by atoms with E-state index in [9.17, 15) is 9.59 Å². The molecule has 2 aromatic carbocycles. The average Bonchev–Trinajstić information content (AvgIpc) is 2.65. The highest BCUT2D eigenvalue weighted by atomic mass is 79.9. The Hall–Kier alpha value is -1.97. The second-order valence-electron chi connectivity index (χ2n) is 5.18. The number of hydrogen-bond acceptors (Lipinski definition) is 5. The molecule has 0 aliphatic carbocycles. The number of carbonyl (C=O) groups excluding carboxylic acids is 2. The Bertz CT molecular complexity index is 755. The molecule has 0 saturated heterocycles. The van der Waals surface area contributed by atoms with Gasteiger partial charge in [0.05, 0.1) is 23.9 Å². The third kappa shape index (κ3) is 8.98. The zero-order chi connectivity index (χ0) is 19.5. The minimum Gasteiger partial charge on any atom is -0.272 e. The number of benzene rings is 2. The van der Waals surface area contributed by atoms with Crippen molar-refractivity contribution in [3.63, 3.8) is 0 Å². The van der Waals surface area contributed by atoms with Gasteiger partial charge in [-0.1, -0.05) is 56.1 Å². The lowest BCUT2D eigenvalue weighted by molar-refractivity contribution is -0.118. The Morgan fingerprint density at radius 2 is 1.15 bits per heavy atom. The number of rotatable bonds is 8. The molecule has 2 N–H and O–H groups in total. The van der Waals surface area contributed by atoms with Gasteiger partial charge >= 0.3 is 0 Å². The molecular weight excluding hydrogens is 496 g/mol. The van der Waals surface area contributed by atoms with Crippen molar-refractivity contribution in [2.24, 2.45) is 10.2 Å². The fraction of sp³-hybridized carbons (Fsp3) is 0.111. The molecule has 0 atom stereocenters. The third-order valence-corrected chi connectivity index (χ3v) is 5.00. The van der Waals surface area contributed by atoms with Crippen molar-refractivity contribution in [3.05, 3.63) is 68.6 Å². The molecule has 0 heterocycles. The summed E-state index contributed by atoms with van der Waals surface area (Å²) in [4.78, 5) is 23.4. The Kier molecular flexibility index (Phi) is 9.23. The van der Waals surface area contributed by atoms with Gasteiger partial charge in [0.25, 0.3) is 0 Å². The standard InChI is InChI=1S/C18H16Br2N4O2S/c19-15-5-1-13(2-6-15)9-21-23-17(25)11-27-12-18(26)24-22-10-14-3-7-16(20)8-4-14/h1-10H,11-12H2,(H,23,25)(H,24,26)/b21-9-,22-10-. The van der Waals surface area contributed by atoms with Crippen LogP contribution in [-0.4, -0.2) is 35.7 Å². The van der Waals surface area contributed by atoms with Crippen LogP contribution in [0.5, 0.6) is 0 Å². The quantitative estimate of drug-likeness (QED) is 0.420. The number of thioether (sulfide) groups is 1. The maximum atomic E-state index is 11.7. The van der Waals surface area contributed by atoms with Crippen molar-refractivity contribution in [1.82, 2.24) is 10.9 Å². The van der Waals surface area contributed by atoms with Gasteiger partial charge in [0.1, 0.15) is 0 Å². The molecule has 140 valence electrons. The first-order chi connectivity index (χ1) is 13.0. The molecule has 2 aromatic rings. The molecule has 0 spiro atoms. The molecule has 0 radical (unpaired) electrons. The van der Waals surface area contributed by atoms with E-state index in [-0.39, 0.29) is 23.3 Å². The predicted molar refractivity (Wildman–Crippen MR) is 117 cm³/mol. The van der Waals surface area contributed by atoms with Crippen LogP contribution in [0.25, 0.3) is 0 Å². The number of nitrogens with one attached hydrogen (secondary N) is 2. The van der Waals surface area contributed by atoms with Crippen LogP contribution >= 0.6 is 43.6 Å². The predicted octanol–water partition coefficient (Wildman–Crippen LogP) is 3.55. The zero-order valence-corrected chi connectivity index (χ0v) is 18.1. The molecule has 0 saturated carbocycles. The first-order valence-corrected chi connectivity index (χ1v) is 10.5. The Morgan fingerprint density at radius 1 is 0.778 bits per heavy atom. The summed E-state index contributed by atoms with van der Waals surface area (Å²) < 4.78 is 1.94. The minimum atomic E-state index is -0.278. The van der Waals surface area contributed by atoms with Gasteiger partial charge in [0.15, 0.2) is 0 Å². The highest BCUT2D eigenvalue weighted by Gasteiger charge is 2.04. The summed E-state index contributed by atoms with van der Waals surface area (Å²) >= 11 is 7.88. The van der Waals surface area contributed by atoms with Crippen LogP contribution < -0.4 is 10.9 Å². The fourth-order valence-electron chi connectivity index (χ4n) is 1.76. The molecular formula is C18H16Br2N4O2S. The first-order valence-electron chi connectivity index (χ1n) is 7.75. The number of amides is 2. The van der Waals surface area contributed by atoms with Crippen LogP contribution in [0.2, 0.25) is 0 Å². The maximum absolute atomic E-state index is 11.7. The minimum absolute atomic E-state index is 0.127. The van der Waals surface area contributed by atoms with Gasteiger partial charge in [-0.2, -0.15) is 10.2 Å². The molecule has 0 aliphatic heterocycles. The topological polar surface area (TPSA) is 82.9 Å². The SMILES string of the molecule is O=C(CSCC(=O)N/N=C\c1ccc(Br)cc1)N/N=C\c1ccc(Br)cc1. The van der Waals surface area contributed by atoms with Crippen LogP contribution in [0.3, 0.4) is 0 Å². The Balaban J connectivity index is 1.61. The van der Waals surface area contributed by atoms with Crippen LogP contribution in [-0.2, 0) is 9.59 Å². The number of halogens is 2. The summed E-state index contributed by atoms with van der Waals surface area (Å²) in [5.41, 5.74) is 6.58. The van der Waals surface area contributed by atoms with Gasteiger partial charge in [0.2, 0.25) is 11.8 Å². The van der Waals surface area contributed by atoms with E-state index in [1.807, 2.05) is 48.5 Å². The van der Waals surface area contributed by atoms with Gasteiger partial charge in [-0.25, -0.2) is 10.9 Å². The molecule has 0 aromatic heterocycles. The van der Waals surface area contributed by atoms with Crippen molar-refractivity contribution < 1.29 is 9.59 Å². The Morgan fingerprint density at radius 3 is 1.52 bits per heavy atom. The number of nitrogens with zero attached hydrogens (tertiary/aromatic N) is 2. The van der Waals surface area contributed by atoms with Crippen LogP contribution in [0.1, 0.15) is 11.1 Å². The summed E-state index contributed by atoms with van der Waals surface area (Å²) in [6, 6.07) is 15.0. The van der Waals surface area contributed by atoms with Gasteiger partial charge < -0.3 is 0 Å². The highest BCUT2D eigenvalue weighted by molar-refractivity contribution is 9.10. The lowest BCUT2D eigenvalue weighted by atomic mass is 10.2. The smallest absolute Gasteiger partial charge is 0.250 e. The molecule has 0 unspecified atom stereocenters. The molecule has 6 nitrogen and oxygen atoms in total. The second-order valence-corrected chi connectivity index (χ2v) is 8.00. The van der Waals surface area contributed by atoms with Crippen molar-refractivity contribution in [2.45, 2.75) is 0 Å². The number of carbonyl (C=O) groups is 2. The van der Waals surface area contributed by atoms with E-state index >= 15 is 0 Å². The van der Waals surface area contributed by atoms with E-state index in [0.29, 0.717) is 0 Å². The third-order valence-electron chi connectivity index (χ3n) is 3.01. The molecule has 0 aliphatic rings. The van der Waals surface area contributed by atoms with Crippen molar-refractivity contribution in [2.75, 3.05) is 11.5 Å². The highest BCUT2D eigenvalue weighted by Crippen LogP contribution is 2.09. The average molecular weight is 512 g/mol. The van der Waals surface area contributed by atoms with Crippen LogP contribution in [0, 0.1) is 0 Å². The second kappa shape index (κ2) is 11.7. The zero-order valence-electron chi connectivity index (χ0n) is 14.1. The largest absolute Gasteiger partial charge is 0.272 e. The molecule has 0 bridgehead atoms. The number of hydrogen-bond donors (Lipinski definition) is 2. The van der Waals surface area contributed by atoms with Crippen molar-refractivity contribution in [1.29, 1.82) is 0 Å². The van der Waals surface area contributed by atoms with Gasteiger partial charge in [-0.15, -0.1) is 11.8 Å². The number of hydrazone groups is 2. The first kappa shape index (κ1) is 21.3. The fourth-order valence-corrected chi connectivity index (χ4v) is 2.89. The maximum Gasteiger partial charge on any atom is 0.250 e. The normalized spacial score (nSPS) is 11.0. The van der Waals surface area contributed by atoms with E-state index in [1.165, 1.54) is 11.8 Å². The van der Waals surface area contributed by atoms with Crippen LogP contribution in [0.4, 0.5) is 0 Å². The molecule has 0 fully saturated rings. The summed E-state index contributed by atoms with van der Waals surface area (Å²) in [5, 5.41) is 7.76. The Labute approximate surface area is 178 Å². The summed E-state index contributed by atoms with van der Waals surface area (Å²) in [6.07, 6.45) is 3.11. The molecule has 2 amide bonds. The van der Waals surface area contributed by atoms with E-state index in [2.05, 4.69) is 52.9 Å². The van der Waals surface area contributed by atoms with Gasteiger partial charge in [-0.3, -0.25) is 9.59 Å². The lowest BCUT2D eigenvalue weighted by Crippen LogP contribution is -2.23. The van der Waals surface area contributed by atoms with E-state index in [0.717, 1.165) is 20.1 Å². The summed E-state index contributed by atoms with van der Waals surface area (Å²) in [5.74, 6) is -0.303. The van der Waals surface area contributed by atoms with E-state index in [1.54, 1.807) is 12.4 Å². The lowest BCUT2D eigenvalue weighted by Gasteiger charge is -2.01. The summed E-state index contributed by atoms with van der Waals surface area (Å²) in [6.45, 7) is 0. The molecule has 27 heavy (non-hydrogen) atoms. The van der Waals surface area contributed by atoms with Gasteiger partial charge in [-0.05, 0) is 35.4 Å². The summed E-state index contributed by atoms with van der Waals surface area (Å²) in [7, 11) is 0.